The lowest BCUT2D eigenvalue weighted by molar-refractivity contribution is -0.119. The van der Waals surface area contributed by atoms with Gasteiger partial charge in [0.1, 0.15) is 0 Å². The van der Waals surface area contributed by atoms with E-state index in [2.05, 4.69) is 10.6 Å². The highest BCUT2D eigenvalue weighted by atomic mass is 35.5. The second kappa shape index (κ2) is 7.79. The molecule has 0 spiro atoms. The van der Waals surface area contributed by atoms with E-state index < -0.39 is 0 Å². The molecule has 2 rings (SSSR count). The van der Waals surface area contributed by atoms with Gasteiger partial charge >= 0.3 is 0 Å². The summed E-state index contributed by atoms with van der Waals surface area (Å²) in [7, 11) is 0. The number of rotatable bonds is 5. The normalized spacial score (nSPS) is 10.4. The quantitative estimate of drug-likeness (QED) is 0.866. The van der Waals surface area contributed by atoms with E-state index in [0.29, 0.717) is 16.4 Å². The molecule has 0 unspecified atom stereocenters. The molecule has 4 nitrogen and oxygen atoms in total. The summed E-state index contributed by atoms with van der Waals surface area (Å²) in [5.41, 5.74) is 2.19. The first kappa shape index (κ1) is 17.0. The van der Waals surface area contributed by atoms with Crippen LogP contribution in [0.3, 0.4) is 0 Å². The molecule has 0 saturated carbocycles. The Morgan fingerprint density at radius 3 is 2.22 bits per heavy atom. The maximum Gasteiger partial charge on any atom is 0.228 e. The molecule has 2 N–H and O–H groups in total. The van der Waals surface area contributed by atoms with Crippen LogP contribution in [-0.2, 0) is 16.0 Å². The van der Waals surface area contributed by atoms with Gasteiger partial charge in [0.25, 0.3) is 0 Å². The summed E-state index contributed by atoms with van der Waals surface area (Å²) < 4.78 is 0. The molecule has 0 saturated heterocycles. The van der Waals surface area contributed by atoms with Crippen LogP contribution in [-0.4, -0.2) is 11.8 Å². The van der Waals surface area contributed by atoms with Gasteiger partial charge in [-0.25, -0.2) is 0 Å². The van der Waals surface area contributed by atoms with Gasteiger partial charge in [0.15, 0.2) is 0 Å². The Labute approximate surface area is 140 Å². The van der Waals surface area contributed by atoms with E-state index >= 15 is 0 Å². The first-order valence-electron chi connectivity index (χ1n) is 7.39. The van der Waals surface area contributed by atoms with Gasteiger partial charge in [-0.1, -0.05) is 43.6 Å². The summed E-state index contributed by atoms with van der Waals surface area (Å²) in [5.74, 6) is -0.285. The zero-order chi connectivity index (χ0) is 16.8. The molecule has 23 heavy (non-hydrogen) atoms. The Kier molecular flexibility index (Phi) is 5.77. The van der Waals surface area contributed by atoms with Crippen molar-refractivity contribution in [2.24, 2.45) is 5.92 Å². The van der Waals surface area contributed by atoms with Crippen LogP contribution in [0.25, 0.3) is 0 Å². The fourth-order valence-corrected chi connectivity index (χ4v) is 2.08. The molecule has 2 aromatic carbocycles. The average molecular weight is 331 g/mol. The van der Waals surface area contributed by atoms with Gasteiger partial charge in [0.05, 0.1) is 6.42 Å². The molecular formula is C18H19ClN2O2. The monoisotopic (exact) mass is 330 g/mol. The molecule has 2 amide bonds. The molecule has 0 fully saturated rings. The lowest BCUT2D eigenvalue weighted by Crippen LogP contribution is -2.18. The third-order valence-corrected chi connectivity index (χ3v) is 3.47. The van der Waals surface area contributed by atoms with Gasteiger partial charge < -0.3 is 10.6 Å². The zero-order valence-electron chi connectivity index (χ0n) is 13.1. The van der Waals surface area contributed by atoms with Crippen LogP contribution in [0.1, 0.15) is 19.4 Å². The molecule has 0 radical (unpaired) electrons. The number of carbonyl (C=O) groups excluding carboxylic acids is 2. The fraction of sp³-hybridized carbons (Fsp3) is 0.222. The van der Waals surface area contributed by atoms with Crippen molar-refractivity contribution in [1.29, 1.82) is 0 Å². The van der Waals surface area contributed by atoms with Crippen molar-refractivity contribution in [3.63, 3.8) is 0 Å². The Balaban J connectivity index is 1.98. The van der Waals surface area contributed by atoms with Crippen molar-refractivity contribution < 1.29 is 9.59 Å². The average Bonchev–Trinajstić information content (AvgIpc) is 2.49. The molecule has 0 aliphatic heterocycles. The minimum Gasteiger partial charge on any atom is -0.326 e. The van der Waals surface area contributed by atoms with Crippen molar-refractivity contribution in [3.8, 4) is 0 Å². The van der Waals surface area contributed by atoms with Crippen LogP contribution in [0.4, 0.5) is 11.4 Å². The Bertz CT molecular complexity index is 696. The van der Waals surface area contributed by atoms with Crippen molar-refractivity contribution in [2.45, 2.75) is 20.3 Å². The molecule has 0 atom stereocenters. The second-order valence-corrected chi connectivity index (χ2v) is 6.01. The molecule has 5 heteroatoms. The van der Waals surface area contributed by atoms with Crippen LogP contribution in [0, 0.1) is 5.92 Å². The van der Waals surface area contributed by atoms with Crippen LogP contribution in [0.5, 0.6) is 0 Å². The fourth-order valence-electron chi connectivity index (χ4n) is 1.95. The van der Waals surface area contributed by atoms with Gasteiger partial charge in [-0.2, -0.15) is 0 Å². The molecule has 0 aromatic heterocycles. The van der Waals surface area contributed by atoms with Crippen molar-refractivity contribution in [3.05, 3.63) is 59.1 Å². The standard InChI is InChI=1S/C18H19ClN2O2/c1-12(2)18(23)21-16-5-3-4-15(11-16)20-17(22)10-13-6-8-14(19)9-7-13/h3-9,11-12H,10H2,1-2H3,(H,20,22)(H,21,23). The van der Waals surface area contributed by atoms with Crippen LogP contribution < -0.4 is 10.6 Å². The largest absolute Gasteiger partial charge is 0.326 e. The maximum absolute atomic E-state index is 12.1. The summed E-state index contributed by atoms with van der Waals surface area (Å²) in [6, 6.07) is 14.2. The predicted molar refractivity (Wildman–Crippen MR) is 93.7 cm³/mol. The third kappa shape index (κ3) is 5.42. The number of benzene rings is 2. The zero-order valence-corrected chi connectivity index (χ0v) is 13.9. The second-order valence-electron chi connectivity index (χ2n) is 5.58. The van der Waals surface area contributed by atoms with Gasteiger partial charge in [-0.3, -0.25) is 9.59 Å². The molecule has 0 aliphatic carbocycles. The van der Waals surface area contributed by atoms with Crippen molar-refractivity contribution in [2.75, 3.05) is 10.6 Å². The third-order valence-electron chi connectivity index (χ3n) is 3.22. The van der Waals surface area contributed by atoms with Crippen molar-refractivity contribution in [1.82, 2.24) is 0 Å². The number of halogens is 1. The van der Waals surface area contributed by atoms with E-state index in [1.165, 1.54) is 0 Å². The topological polar surface area (TPSA) is 58.2 Å². The number of hydrogen-bond donors (Lipinski definition) is 2. The Hall–Kier alpha value is -2.33. The summed E-state index contributed by atoms with van der Waals surface area (Å²) >= 11 is 5.82. The lowest BCUT2D eigenvalue weighted by Gasteiger charge is -2.10. The van der Waals surface area contributed by atoms with E-state index in [9.17, 15) is 9.59 Å². The van der Waals surface area contributed by atoms with E-state index in [1.54, 1.807) is 36.4 Å². The van der Waals surface area contributed by atoms with Gasteiger partial charge in [-0.15, -0.1) is 0 Å². The Morgan fingerprint density at radius 2 is 1.61 bits per heavy atom. The first-order valence-corrected chi connectivity index (χ1v) is 7.77. The highest BCUT2D eigenvalue weighted by molar-refractivity contribution is 6.30. The lowest BCUT2D eigenvalue weighted by atomic mass is 10.1. The van der Waals surface area contributed by atoms with Crippen LogP contribution in [0.2, 0.25) is 5.02 Å². The van der Waals surface area contributed by atoms with Gasteiger partial charge in [0.2, 0.25) is 11.8 Å². The minimum atomic E-state index is -0.125. The SMILES string of the molecule is CC(C)C(=O)Nc1cccc(NC(=O)Cc2ccc(Cl)cc2)c1. The van der Waals surface area contributed by atoms with Gasteiger partial charge in [-0.05, 0) is 35.9 Å². The highest BCUT2D eigenvalue weighted by Gasteiger charge is 2.08. The number of amides is 2. The molecular weight excluding hydrogens is 312 g/mol. The number of carbonyl (C=O) groups is 2. The Morgan fingerprint density at radius 1 is 1.00 bits per heavy atom. The van der Waals surface area contributed by atoms with E-state index in [0.717, 1.165) is 5.56 Å². The van der Waals surface area contributed by atoms with E-state index in [-0.39, 0.29) is 24.2 Å². The number of anilines is 2. The highest BCUT2D eigenvalue weighted by Crippen LogP contribution is 2.17. The number of nitrogens with one attached hydrogen (secondary N) is 2. The first-order chi connectivity index (χ1) is 10.9. The van der Waals surface area contributed by atoms with Gasteiger partial charge in [0, 0.05) is 22.3 Å². The van der Waals surface area contributed by atoms with Crippen LogP contribution >= 0.6 is 11.6 Å². The predicted octanol–water partition coefficient (Wildman–Crippen LogP) is 4.12. The van der Waals surface area contributed by atoms with E-state index in [4.69, 9.17) is 11.6 Å². The summed E-state index contributed by atoms with van der Waals surface area (Å²) in [6.07, 6.45) is 0.264. The molecule has 0 heterocycles. The maximum atomic E-state index is 12.1. The minimum absolute atomic E-state index is 0.0605. The van der Waals surface area contributed by atoms with E-state index in [1.807, 2.05) is 26.0 Å². The number of hydrogen-bond acceptors (Lipinski definition) is 2. The summed E-state index contributed by atoms with van der Waals surface area (Å²) in [4.78, 5) is 23.8. The van der Waals surface area contributed by atoms with Crippen LogP contribution in [0.15, 0.2) is 48.5 Å². The molecule has 0 aliphatic rings. The smallest absolute Gasteiger partial charge is 0.228 e. The molecule has 120 valence electrons. The summed E-state index contributed by atoms with van der Waals surface area (Å²) in [5, 5.41) is 6.27. The molecule has 2 aromatic rings. The van der Waals surface area contributed by atoms with Crippen molar-refractivity contribution >= 4 is 34.8 Å². The summed E-state index contributed by atoms with van der Waals surface area (Å²) in [6.45, 7) is 3.65. The molecule has 0 bridgehead atoms.